The molecule has 0 aliphatic heterocycles. The summed E-state index contributed by atoms with van der Waals surface area (Å²) in [5.41, 5.74) is 2.75. The molecule has 27 heavy (non-hydrogen) atoms. The van der Waals surface area contributed by atoms with Crippen LogP contribution in [0.5, 0.6) is 5.75 Å². The Bertz CT molecular complexity index is 980. The minimum atomic E-state index is -0.980. The standard InChI is InChI=1S/C20H21N3O4/c1-13-7-8-23-12-16(22-18(23)9-13)19(24)21-11-15(20(25)26)10-14-5-3-4-6-17(14)27-2/h3-9,12,15H,10-11H2,1-2H3,(H,21,24)(H,25,26). The Hall–Kier alpha value is -3.35. The van der Waals surface area contributed by atoms with Gasteiger partial charge in [-0.1, -0.05) is 18.2 Å². The number of aryl methyl sites for hydroxylation is 1. The Balaban J connectivity index is 1.69. The van der Waals surface area contributed by atoms with E-state index in [0.29, 0.717) is 11.4 Å². The number of carbonyl (C=O) groups excluding carboxylic acids is 1. The van der Waals surface area contributed by atoms with Crippen molar-refractivity contribution >= 4 is 17.5 Å². The smallest absolute Gasteiger partial charge is 0.308 e. The van der Waals surface area contributed by atoms with Crippen molar-refractivity contribution in [3.63, 3.8) is 0 Å². The van der Waals surface area contributed by atoms with Crippen LogP contribution in [-0.4, -0.2) is 40.0 Å². The van der Waals surface area contributed by atoms with Gasteiger partial charge in [-0.15, -0.1) is 0 Å². The molecule has 7 heteroatoms. The number of pyridine rings is 1. The van der Waals surface area contributed by atoms with Gasteiger partial charge in [0.25, 0.3) is 5.91 Å². The number of nitrogens with zero attached hydrogens (tertiary/aromatic N) is 2. The maximum absolute atomic E-state index is 12.4. The van der Waals surface area contributed by atoms with Crippen LogP contribution in [0.1, 0.15) is 21.6 Å². The molecule has 0 radical (unpaired) electrons. The quantitative estimate of drug-likeness (QED) is 0.669. The monoisotopic (exact) mass is 367 g/mol. The first-order valence-electron chi connectivity index (χ1n) is 8.56. The van der Waals surface area contributed by atoms with Crippen LogP contribution in [0.15, 0.2) is 48.8 Å². The third-order valence-corrected chi connectivity index (χ3v) is 4.37. The number of aliphatic carboxylic acids is 1. The maximum Gasteiger partial charge on any atom is 0.308 e. The lowest BCUT2D eigenvalue weighted by Gasteiger charge is -2.15. The van der Waals surface area contributed by atoms with Gasteiger partial charge in [0, 0.05) is 18.9 Å². The van der Waals surface area contributed by atoms with E-state index in [0.717, 1.165) is 11.1 Å². The van der Waals surface area contributed by atoms with Gasteiger partial charge in [-0.25, -0.2) is 4.98 Å². The molecule has 0 spiro atoms. The van der Waals surface area contributed by atoms with Crippen LogP contribution in [0.2, 0.25) is 0 Å². The molecule has 3 aromatic rings. The van der Waals surface area contributed by atoms with Gasteiger partial charge in [0.2, 0.25) is 0 Å². The number of ether oxygens (including phenoxy) is 1. The highest BCUT2D eigenvalue weighted by molar-refractivity contribution is 5.93. The molecular weight excluding hydrogens is 346 g/mol. The molecule has 0 bridgehead atoms. The van der Waals surface area contributed by atoms with E-state index in [1.807, 2.05) is 43.5 Å². The summed E-state index contributed by atoms with van der Waals surface area (Å²) in [5.74, 6) is -1.52. The molecular formula is C20H21N3O4. The SMILES string of the molecule is COc1ccccc1CC(CNC(=O)c1cn2ccc(C)cc2n1)C(=O)O. The topological polar surface area (TPSA) is 92.9 Å². The number of methoxy groups -OCH3 is 1. The van der Waals surface area contributed by atoms with Gasteiger partial charge in [-0.3, -0.25) is 9.59 Å². The largest absolute Gasteiger partial charge is 0.496 e. The maximum atomic E-state index is 12.4. The van der Waals surface area contributed by atoms with E-state index >= 15 is 0 Å². The van der Waals surface area contributed by atoms with Crippen LogP contribution in [0, 0.1) is 12.8 Å². The Morgan fingerprint density at radius 2 is 2.07 bits per heavy atom. The number of benzene rings is 1. The zero-order chi connectivity index (χ0) is 19.4. The van der Waals surface area contributed by atoms with Crippen LogP contribution < -0.4 is 10.1 Å². The van der Waals surface area contributed by atoms with E-state index in [-0.39, 0.29) is 18.7 Å². The number of amides is 1. The van der Waals surface area contributed by atoms with Crippen molar-refractivity contribution in [2.45, 2.75) is 13.3 Å². The first-order valence-corrected chi connectivity index (χ1v) is 8.56. The number of nitrogens with one attached hydrogen (secondary N) is 1. The van der Waals surface area contributed by atoms with E-state index in [9.17, 15) is 14.7 Å². The molecule has 1 unspecified atom stereocenters. The molecule has 0 aliphatic rings. The summed E-state index contributed by atoms with van der Waals surface area (Å²) >= 11 is 0. The summed E-state index contributed by atoms with van der Waals surface area (Å²) in [6.07, 6.45) is 3.71. The van der Waals surface area contributed by atoms with Crippen molar-refractivity contribution < 1.29 is 19.4 Å². The molecule has 2 heterocycles. The van der Waals surface area contributed by atoms with Gasteiger partial charge in [0.15, 0.2) is 0 Å². The van der Waals surface area contributed by atoms with Crippen LogP contribution >= 0.6 is 0 Å². The highest BCUT2D eigenvalue weighted by Gasteiger charge is 2.21. The van der Waals surface area contributed by atoms with Crippen molar-refractivity contribution in [1.82, 2.24) is 14.7 Å². The summed E-state index contributed by atoms with van der Waals surface area (Å²) in [4.78, 5) is 28.3. The van der Waals surface area contributed by atoms with E-state index in [4.69, 9.17) is 4.74 Å². The lowest BCUT2D eigenvalue weighted by atomic mass is 9.98. The summed E-state index contributed by atoms with van der Waals surface area (Å²) in [7, 11) is 1.54. The molecule has 2 aromatic heterocycles. The molecule has 2 N–H and O–H groups in total. The molecule has 1 aromatic carbocycles. The van der Waals surface area contributed by atoms with E-state index < -0.39 is 17.8 Å². The van der Waals surface area contributed by atoms with Crippen molar-refractivity contribution in [3.05, 3.63) is 65.6 Å². The van der Waals surface area contributed by atoms with Gasteiger partial charge in [0.05, 0.1) is 13.0 Å². The van der Waals surface area contributed by atoms with E-state index in [1.165, 1.54) is 0 Å². The fraction of sp³-hybridized carbons (Fsp3) is 0.250. The van der Waals surface area contributed by atoms with E-state index in [2.05, 4.69) is 10.3 Å². The number of rotatable bonds is 7. The van der Waals surface area contributed by atoms with Gasteiger partial charge in [-0.05, 0) is 42.7 Å². The second kappa shape index (κ2) is 7.90. The number of carboxylic acids is 1. The van der Waals surface area contributed by atoms with Gasteiger partial charge < -0.3 is 19.6 Å². The van der Waals surface area contributed by atoms with E-state index in [1.54, 1.807) is 23.8 Å². The van der Waals surface area contributed by atoms with Crippen molar-refractivity contribution in [3.8, 4) is 5.75 Å². The summed E-state index contributed by atoms with van der Waals surface area (Å²) in [6, 6.07) is 11.0. The Labute approximate surface area is 156 Å². The summed E-state index contributed by atoms with van der Waals surface area (Å²) in [5, 5.41) is 12.2. The third-order valence-electron chi connectivity index (χ3n) is 4.37. The Morgan fingerprint density at radius 3 is 2.81 bits per heavy atom. The van der Waals surface area contributed by atoms with Gasteiger partial charge >= 0.3 is 5.97 Å². The predicted molar refractivity (Wildman–Crippen MR) is 100 cm³/mol. The zero-order valence-electron chi connectivity index (χ0n) is 15.2. The molecule has 140 valence electrons. The minimum absolute atomic E-state index is 0.000878. The minimum Gasteiger partial charge on any atom is -0.496 e. The molecule has 7 nitrogen and oxygen atoms in total. The number of hydrogen-bond acceptors (Lipinski definition) is 4. The number of imidazole rings is 1. The Morgan fingerprint density at radius 1 is 1.30 bits per heavy atom. The van der Waals surface area contributed by atoms with Crippen LogP contribution in [0.3, 0.4) is 0 Å². The van der Waals surface area contributed by atoms with Crippen LogP contribution in [0.4, 0.5) is 0 Å². The lowest BCUT2D eigenvalue weighted by molar-refractivity contribution is -0.141. The Kier molecular flexibility index (Phi) is 5.40. The average Bonchev–Trinajstić information content (AvgIpc) is 3.08. The molecule has 0 fully saturated rings. The third kappa shape index (κ3) is 4.25. The molecule has 1 amide bonds. The van der Waals surface area contributed by atoms with Crippen molar-refractivity contribution in [1.29, 1.82) is 0 Å². The highest BCUT2D eigenvalue weighted by atomic mass is 16.5. The van der Waals surface area contributed by atoms with Crippen LogP contribution in [0.25, 0.3) is 5.65 Å². The molecule has 3 rings (SSSR count). The average molecular weight is 367 g/mol. The second-order valence-electron chi connectivity index (χ2n) is 6.36. The number of carbonyl (C=O) groups is 2. The first kappa shape index (κ1) is 18.4. The normalized spacial score (nSPS) is 11.9. The molecule has 0 saturated carbocycles. The zero-order valence-corrected chi connectivity index (χ0v) is 15.2. The number of aromatic nitrogens is 2. The molecule has 0 aliphatic carbocycles. The summed E-state index contributed by atoms with van der Waals surface area (Å²) in [6.45, 7) is 1.95. The summed E-state index contributed by atoms with van der Waals surface area (Å²) < 4.78 is 7.03. The van der Waals surface area contributed by atoms with Crippen molar-refractivity contribution in [2.75, 3.05) is 13.7 Å². The van der Waals surface area contributed by atoms with Gasteiger partial charge in [-0.2, -0.15) is 0 Å². The van der Waals surface area contributed by atoms with Gasteiger partial charge in [0.1, 0.15) is 17.1 Å². The molecule has 1 atom stereocenters. The number of para-hydroxylation sites is 1. The fourth-order valence-electron chi connectivity index (χ4n) is 2.88. The van der Waals surface area contributed by atoms with Crippen LogP contribution in [-0.2, 0) is 11.2 Å². The predicted octanol–water partition coefficient (Wildman–Crippen LogP) is 2.32. The number of fused-ring (bicyclic) bond motifs is 1. The number of hydrogen-bond donors (Lipinski definition) is 2. The fourth-order valence-corrected chi connectivity index (χ4v) is 2.88. The van der Waals surface area contributed by atoms with Crippen molar-refractivity contribution in [2.24, 2.45) is 5.92 Å². The lowest BCUT2D eigenvalue weighted by Crippen LogP contribution is -2.34. The molecule has 0 saturated heterocycles. The first-order chi connectivity index (χ1) is 13.0. The number of carboxylic acid groups (broad SMARTS) is 1. The highest BCUT2D eigenvalue weighted by Crippen LogP contribution is 2.21. The second-order valence-corrected chi connectivity index (χ2v) is 6.36.